The SMILES string of the molecule is C[C@H](NC(=O)c1ccccc1Cl)c1ccc(Cl)cc1Cl. The fourth-order valence-electron chi connectivity index (χ4n) is 1.85. The molecule has 104 valence electrons. The summed E-state index contributed by atoms with van der Waals surface area (Å²) in [6.45, 7) is 1.85. The number of carbonyl (C=O) groups is 1. The van der Waals surface area contributed by atoms with Crippen molar-refractivity contribution < 1.29 is 4.79 Å². The fraction of sp³-hybridized carbons (Fsp3) is 0.133. The van der Waals surface area contributed by atoms with Crippen LogP contribution in [0.4, 0.5) is 0 Å². The second-order valence-corrected chi connectivity index (χ2v) is 5.59. The number of hydrogen-bond acceptors (Lipinski definition) is 1. The van der Waals surface area contributed by atoms with Gasteiger partial charge in [-0.25, -0.2) is 0 Å². The minimum atomic E-state index is -0.247. The van der Waals surface area contributed by atoms with Gasteiger partial charge in [-0.1, -0.05) is 53.0 Å². The van der Waals surface area contributed by atoms with Crippen LogP contribution in [-0.2, 0) is 0 Å². The van der Waals surface area contributed by atoms with Gasteiger partial charge in [-0.15, -0.1) is 0 Å². The Kier molecular flexibility index (Phi) is 4.92. The molecule has 0 saturated carbocycles. The van der Waals surface area contributed by atoms with Crippen LogP contribution < -0.4 is 5.32 Å². The number of hydrogen-bond donors (Lipinski definition) is 1. The zero-order valence-electron chi connectivity index (χ0n) is 10.7. The monoisotopic (exact) mass is 327 g/mol. The molecule has 2 aromatic rings. The molecule has 20 heavy (non-hydrogen) atoms. The summed E-state index contributed by atoms with van der Waals surface area (Å²) in [6.07, 6.45) is 0. The van der Waals surface area contributed by atoms with Crippen molar-refractivity contribution in [3.8, 4) is 0 Å². The van der Waals surface area contributed by atoms with Gasteiger partial charge in [-0.2, -0.15) is 0 Å². The van der Waals surface area contributed by atoms with E-state index < -0.39 is 0 Å². The molecule has 0 bridgehead atoms. The van der Waals surface area contributed by atoms with E-state index in [2.05, 4.69) is 5.32 Å². The Labute approximate surface area is 132 Å². The zero-order chi connectivity index (χ0) is 14.7. The van der Waals surface area contributed by atoms with Gasteiger partial charge in [-0.3, -0.25) is 4.79 Å². The predicted molar refractivity (Wildman–Crippen MR) is 83.8 cm³/mol. The van der Waals surface area contributed by atoms with E-state index in [0.29, 0.717) is 20.6 Å². The van der Waals surface area contributed by atoms with E-state index in [1.165, 1.54) is 0 Å². The molecular weight excluding hydrogens is 317 g/mol. The summed E-state index contributed by atoms with van der Waals surface area (Å²) in [6, 6.07) is 11.8. The first-order valence-corrected chi connectivity index (χ1v) is 7.13. The van der Waals surface area contributed by atoms with Crippen LogP contribution in [0.1, 0.15) is 28.9 Å². The van der Waals surface area contributed by atoms with Crippen molar-refractivity contribution in [1.29, 1.82) is 0 Å². The Morgan fingerprint density at radius 1 is 1.05 bits per heavy atom. The number of nitrogens with one attached hydrogen (secondary N) is 1. The highest BCUT2D eigenvalue weighted by molar-refractivity contribution is 6.35. The molecule has 1 N–H and O–H groups in total. The van der Waals surface area contributed by atoms with Crippen molar-refractivity contribution in [2.75, 3.05) is 0 Å². The summed E-state index contributed by atoms with van der Waals surface area (Å²) in [5.41, 5.74) is 1.24. The van der Waals surface area contributed by atoms with Gasteiger partial charge in [-0.05, 0) is 36.8 Å². The Morgan fingerprint density at radius 3 is 2.40 bits per heavy atom. The molecule has 2 nitrogen and oxygen atoms in total. The van der Waals surface area contributed by atoms with Gasteiger partial charge < -0.3 is 5.32 Å². The van der Waals surface area contributed by atoms with E-state index in [0.717, 1.165) is 5.56 Å². The molecule has 0 spiro atoms. The van der Waals surface area contributed by atoms with Gasteiger partial charge in [0.2, 0.25) is 0 Å². The van der Waals surface area contributed by atoms with Crippen LogP contribution in [0.15, 0.2) is 42.5 Å². The summed E-state index contributed by atoms with van der Waals surface area (Å²) in [5.74, 6) is -0.242. The maximum absolute atomic E-state index is 12.2. The highest BCUT2D eigenvalue weighted by atomic mass is 35.5. The molecule has 0 unspecified atom stereocenters. The smallest absolute Gasteiger partial charge is 0.253 e. The molecule has 2 rings (SSSR count). The molecule has 0 fully saturated rings. The summed E-state index contributed by atoms with van der Waals surface area (Å²) in [5, 5.41) is 4.36. The molecule has 1 amide bonds. The molecule has 0 aromatic heterocycles. The molecule has 0 aliphatic heterocycles. The van der Waals surface area contributed by atoms with Gasteiger partial charge in [0.15, 0.2) is 0 Å². The molecule has 0 saturated heterocycles. The standard InChI is InChI=1S/C15H12Cl3NO/c1-9(11-7-6-10(16)8-14(11)18)19-15(20)12-4-2-3-5-13(12)17/h2-9H,1H3,(H,19,20)/t9-/m0/s1. The predicted octanol–water partition coefficient (Wildman–Crippen LogP) is 5.14. The average Bonchev–Trinajstić information content (AvgIpc) is 2.38. The summed E-state index contributed by atoms with van der Waals surface area (Å²) in [7, 11) is 0. The third-order valence-electron chi connectivity index (χ3n) is 2.90. The van der Waals surface area contributed by atoms with Gasteiger partial charge in [0.05, 0.1) is 16.6 Å². The van der Waals surface area contributed by atoms with Crippen LogP contribution in [0, 0.1) is 0 Å². The van der Waals surface area contributed by atoms with E-state index in [1.54, 1.807) is 42.5 Å². The number of benzene rings is 2. The van der Waals surface area contributed by atoms with E-state index in [-0.39, 0.29) is 11.9 Å². The quantitative estimate of drug-likeness (QED) is 0.830. The van der Waals surface area contributed by atoms with Crippen LogP contribution in [0.5, 0.6) is 0 Å². The second-order valence-electron chi connectivity index (χ2n) is 4.34. The normalized spacial score (nSPS) is 12.0. The molecule has 5 heteroatoms. The van der Waals surface area contributed by atoms with E-state index in [1.807, 2.05) is 6.92 Å². The number of halogens is 3. The minimum absolute atomic E-state index is 0.242. The molecular formula is C15H12Cl3NO. The lowest BCUT2D eigenvalue weighted by atomic mass is 10.1. The highest BCUT2D eigenvalue weighted by Crippen LogP contribution is 2.26. The lowest BCUT2D eigenvalue weighted by molar-refractivity contribution is 0.0940. The lowest BCUT2D eigenvalue weighted by Crippen LogP contribution is -2.27. The van der Waals surface area contributed by atoms with Crippen LogP contribution in [0.3, 0.4) is 0 Å². The van der Waals surface area contributed by atoms with Crippen LogP contribution in [-0.4, -0.2) is 5.91 Å². The van der Waals surface area contributed by atoms with Crippen molar-refractivity contribution in [2.45, 2.75) is 13.0 Å². The first kappa shape index (κ1) is 15.2. The molecule has 0 aliphatic rings. The maximum Gasteiger partial charge on any atom is 0.253 e. The average molecular weight is 329 g/mol. The first-order chi connectivity index (χ1) is 9.49. The maximum atomic E-state index is 12.2. The lowest BCUT2D eigenvalue weighted by Gasteiger charge is -2.16. The third kappa shape index (κ3) is 3.45. The number of amides is 1. The Morgan fingerprint density at radius 2 is 1.75 bits per heavy atom. The molecule has 0 aliphatic carbocycles. The van der Waals surface area contributed by atoms with Crippen LogP contribution in [0.25, 0.3) is 0 Å². The Balaban J connectivity index is 2.17. The Bertz CT molecular complexity index is 643. The molecule has 0 radical (unpaired) electrons. The summed E-state index contributed by atoms with van der Waals surface area (Å²) < 4.78 is 0. The van der Waals surface area contributed by atoms with Crippen LogP contribution in [0.2, 0.25) is 15.1 Å². The highest BCUT2D eigenvalue weighted by Gasteiger charge is 2.15. The second kappa shape index (κ2) is 6.49. The van der Waals surface area contributed by atoms with Crippen molar-refractivity contribution in [1.82, 2.24) is 5.32 Å². The van der Waals surface area contributed by atoms with Crippen LogP contribution >= 0.6 is 34.8 Å². The largest absolute Gasteiger partial charge is 0.345 e. The van der Waals surface area contributed by atoms with E-state index in [4.69, 9.17) is 34.8 Å². The van der Waals surface area contributed by atoms with Crippen molar-refractivity contribution >= 4 is 40.7 Å². The van der Waals surface area contributed by atoms with Crippen molar-refractivity contribution in [3.05, 3.63) is 68.7 Å². The minimum Gasteiger partial charge on any atom is -0.345 e. The van der Waals surface area contributed by atoms with E-state index >= 15 is 0 Å². The Hall–Kier alpha value is -1.22. The van der Waals surface area contributed by atoms with Crippen molar-refractivity contribution in [3.63, 3.8) is 0 Å². The van der Waals surface area contributed by atoms with Gasteiger partial charge in [0.25, 0.3) is 5.91 Å². The van der Waals surface area contributed by atoms with Gasteiger partial charge in [0, 0.05) is 10.0 Å². The fourth-order valence-corrected chi connectivity index (χ4v) is 2.64. The van der Waals surface area contributed by atoms with Gasteiger partial charge in [0.1, 0.15) is 0 Å². The topological polar surface area (TPSA) is 29.1 Å². The summed E-state index contributed by atoms with van der Waals surface area (Å²) >= 11 is 18.0. The van der Waals surface area contributed by atoms with Crippen molar-refractivity contribution in [2.24, 2.45) is 0 Å². The van der Waals surface area contributed by atoms with E-state index in [9.17, 15) is 4.79 Å². The molecule has 1 atom stereocenters. The number of rotatable bonds is 3. The zero-order valence-corrected chi connectivity index (χ0v) is 12.9. The molecule has 2 aromatic carbocycles. The number of carbonyl (C=O) groups excluding carboxylic acids is 1. The first-order valence-electron chi connectivity index (χ1n) is 5.99. The van der Waals surface area contributed by atoms with Gasteiger partial charge >= 0.3 is 0 Å². The molecule has 0 heterocycles. The summed E-state index contributed by atoms with van der Waals surface area (Å²) in [4.78, 5) is 12.2. The third-order valence-corrected chi connectivity index (χ3v) is 3.79.